The Kier molecular flexibility index (Phi) is 6.38. The van der Waals surface area contributed by atoms with Gasteiger partial charge in [-0.3, -0.25) is 4.99 Å². The molecule has 2 N–H and O–H groups in total. The number of aliphatic imine (C=N–C) groups is 1. The van der Waals surface area contributed by atoms with Crippen molar-refractivity contribution in [1.82, 2.24) is 25.4 Å². The molecule has 1 aromatic carbocycles. The predicted octanol–water partition coefficient (Wildman–Crippen LogP) is 2.59. The molecule has 3 rings (SSSR count). The van der Waals surface area contributed by atoms with Crippen molar-refractivity contribution in [3.05, 3.63) is 64.4 Å². The maximum Gasteiger partial charge on any atom is 0.191 e. The van der Waals surface area contributed by atoms with Gasteiger partial charge in [0.15, 0.2) is 5.96 Å². The minimum Gasteiger partial charge on any atom is -0.356 e. The molecule has 136 valence electrons. The molecule has 0 unspecified atom stereocenters. The number of guanidine groups is 1. The summed E-state index contributed by atoms with van der Waals surface area (Å²) in [6.45, 7) is 3.70. The average molecular weight is 369 g/mol. The van der Waals surface area contributed by atoms with Gasteiger partial charge in [-0.25, -0.2) is 9.67 Å². The van der Waals surface area contributed by atoms with E-state index in [-0.39, 0.29) is 0 Å². The number of nitrogens with one attached hydrogen (secondary N) is 2. The van der Waals surface area contributed by atoms with Crippen LogP contribution in [0.3, 0.4) is 0 Å². The van der Waals surface area contributed by atoms with E-state index >= 15 is 0 Å². The first-order chi connectivity index (χ1) is 12.7. The quantitative estimate of drug-likeness (QED) is 0.497. The summed E-state index contributed by atoms with van der Waals surface area (Å²) in [4.78, 5) is 9.89. The molecular formula is C19H24N6S. The number of hydrogen-bond donors (Lipinski definition) is 2. The molecule has 7 heteroatoms. The Morgan fingerprint density at radius 2 is 1.88 bits per heavy atom. The normalized spacial score (nSPS) is 11.5. The number of para-hydroxylation sites is 1. The lowest BCUT2D eigenvalue weighted by molar-refractivity contribution is 0.782. The fourth-order valence-corrected chi connectivity index (χ4v) is 3.35. The summed E-state index contributed by atoms with van der Waals surface area (Å²) in [7, 11) is 1.79. The van der Waals surface area contributed by atoms with E-state index < -0.39 is 0 Å². The maximum atomic E-state index is 4.43. The van der Waals surface area contributed by atoms with E-state index in [1.807, 2.05) is 47.4 Å². The molecule has 0 fully saturated rings. The number of aryl methyl sites for hydroxylation is 1. The molecule has 26 heavy (non-hydrogen) atoms. The van der Waals surface area contributed by atoms with Gasteiger partial charge in [0.2, 0.25) is 0 Å². The smallest absolute Gasteiger partial charge is 0.191 e. The third kappa shape index (κ3) is 5.16. The molecule has 0 saturated carbocycles. The van der Waals surface area contributed by atoms with E-state index in [4.69, 9.17) is 0 Å². The first kappa shape index (κ1) is 18.1. The van der Waals surface area contributed by atoms with Crippen molar-refractivity contribution in [3.63, 3.8) is 0 Å². The summed E-state index contributed by atoms with van der Waals surface area (Å²) in [5, 5.41) is 12.3. The van der Waals surface area contributed by atoms with E-state index in [9.17, 15) is 0 Å². The Morgan fingerprint density at radius 3 is 2.58 bits per heavy atom. The molecule has 2 aromatic heterocycles. The second-order valence-electron chi connectivity index (χ2n) is 5.92. The van der Waals surface area contributed by atoms with Gasteiger partial charge in [0, 0.05) is 43.8 Å². The lowest BCUT2D eigenvalue weighted by Gasteiger charge is -2.10. The molecular weight excluding hydrogens is 344 g/mol. The minimum absolute atomic E-state index is 0.802. The van der Waals surface area contributed by atoms with Crippen LogP contribution in [0.1, 0.15) is 15.4 Å². The third-order valence-electron chi connectivity index (χ3n) is 3.89. The SMILES string of the molecule is CN=C(NCCc1cnn(-c2ccccc2)c1)NCCc1ncc(C)s1. The zero-order chi connectivity index (χ0) is 18.2. The van der Waals surface area contributed by atoms with Crippen LogP contribution >= 0.6 is 11.3 Å². The monoisotopic (exact) mass is 368 g/mol. The van der Waals surface area contributed by atoms with Gasteiger partial charge in [-0.2, -0.15) is 5.10 Å². The van der Waals surface area contributed by atoms with Crippen molar-refractivity contribution in [2.45, 2.75) is 19.8 Å². The van der Waals surface area contributed by atoms with E-state index in [1.165, 1.54) is 10.4 Å². The van der Waals surface area contributed by atoms with E-state index in [2.05, 4.69) is 38.8 Å². The Balaban J connectivity index is 1.41. The summed E-state index contributed by atoms with van der Waals surface area (Å²) < 4.78 is 1.90. The highest BCUT2D eigenvalue weighted by Crippen LogP contribution is 2.11. The summed E-state index contributed by atoms with van der Waals surface area (Å²) in [6.07, 6.45) is 7.69. The summed E-state index contributed by atoms with van der Waals surface area (Å²) in [6, 6.07) is 10.1. The fourth-order valence-electron chi connectivity index (χ4n) is 2.56. The van der Waals surface area contributed by atoms with Crippen LogP contribution in [-0.4, -0.2) is 40.9 Å². The summed E-state index contributed by atoms with van der Waals surface area (Å²) in [5.41, 5.74) is 2.26. The van der Waals surface area contributed by atoms with Crippen LogP contribution in [0.15, 0.2) is 53.9 Å². The topological polar surface area (TPSA) is 67.1 Å². The van der Waals surface area contributed by atoms with Gasteiger partial charge in [0.05, 0.1) is 16.9 Å². The van der Waals surface area contributed by atoms with E-state index in [0.717, 1.165) is 42.6 Å². The van der Waals surface area contributed by atoms with Crippen molar-refractivity contribution < 1.29 is 0 Å². The van der Waals surface area contributed by atoms with Crippen LogP contribution in [0.25, 0.3) is 5.69 Å². The first-order valence-electron chi connectivity index (χ1n) is 8.69. The molecule has 0 radical (unpaired) electrons. The van der Waals surface area contributed by atoms with Crippen molar-refractivity contribution in [1.29, 1.82) is 0 Å². The molecule has 0 aliphatic rings. The third-order valence-corrected chi connectivity index (χ3v) is 4.86. The second kappa shape index (κ2) is 9.15. The highest BCUT2D eigenvalue weighted by atomic mass is 32.1. The van der Waals surface area contributed by atoms with Gasteiger partial charge in [-0.15, -0.1) is 11.3 Å². The molecule has 2 heterocycles. The molecule has 6 nitrogen and oxygen atoms in total. The van der Waals surface area contributed by atoms with Gasteiger partial charge in [-0.05, 0) is 31.0 Å². The standard InChI is InChI=1S/C19H24N6S/c1-15-12-23-18(26-15)9-11-22-19(20-2)21-10-8-16-13-24-25(14-16)17-6-4-3-5-7-17/h3-7,12-14H,8-11H2,1-2H3,(H2,20,21,22). The summed E-state index contributed by atoms with van der Waals surface area (Å²) >= 11 is 1.74. The Morgan fingerprint density at radius 1 is 1.12 bits per heavy atom. The molecule has 0 aliphatic heterocycles. The van der Waals surface area contributed by atoms with Crippen LogP contribution in [0.5, 0.6) is 0 Å². The predicted molar refractivity (Wildman–Crippen MR) is 107 cm³/mol. The number of hydrogen-bond acceptors (Lipinski definition) is 4. The number of aromatic nitrogens is 3. The van der Waals surface area contributed by atoms with Crippen LogP contribution in [0, 0.1) is 6.92 Å². The fraction of sp³-hybridized carbons (Fsp3) is 0.316. The maximum absolute atomic E-state index is 4.43. The first-order valence-corrected chi connectivity index (χ1v) is 9.51. The van der Waals surface area contributed by atoms with Crippen molar-refractivity contribution in [2.24, 2.45) is 4.99 Å². The van der Waals surface area contributed by atoms with Gasteiger partial charge in [0.1, 0.15) is 0 Å². The van der Waals surface area contributed by atoms with Gasteiger partial charge < -0.3 is 10.6 Å². The molecule has 0 aliphatic carbocycles. The minimum atomic E-state index is 0.802. The average Bonchev–Trinajstić information content (AvgIpc) is 3.30. The Labute approximate surface area is 158 Å². The molecule has 0 amide bonds. The van der Waals surface area contributed by atoms with Crippen molar-refractivity contribution in [2.75, 3.05) is 20.1 Å². The zero-order valence-electron chi connectivity index (χ0n) is 15.1. The second-order valence-corrected chi connectivity index (χ2v) is 7.24. The molecule has 3 aromatic rings. The highest BCUT2D eigenvalue weighted by molar-refractivity contribution is 7.11. The van der Waals surface area contributed by atoms with Crippen LogP contribution in [0.2, 0.25) is 0 Å². The van der Waals surface area contributed by atoms with Gasteiger partial charge in [0.25, 0.3) is 0 Å². The Hall–Kier alpha value is -2.67. The molecule has 0 atom stereocenters. The van der Waals surface area contributed by atoms with Gasteiger partial charge in [-0.1, -0.05) is 18.2 Å². The Bertz CT molecular complexity index is 837. The van der Waals surface area contributed by atoms with Crippen molar-refractivity contribution >= 4 is 17.3 Å². The van der Waals surface area contributed by atoms with Crippen molar-refractivity contribution in [3.8, 4) is 5.69 Å². The molecule has 0 spiro atoms. The largest absolute Gasteiger partial charge is 0.356 e. The summed E-state index contributed by atoms with van der Waals surface area (Å²) in [5.74, 6) is 0.814. The highest BCUT2D eigenvalue weighted by Gasteiger charge is 2.03. The lowest BCUT2D eigenvalue weighted by Crippen LogP contribution is -2.39. The number of benzene rings is 1. The van der Waals surface area contributed by atoms with E-state index in [0.29, 0.717) is 0 Å². The molecule has 0 bridgehead atoms. The lowest BCUT2D eigenvalue weighted by atomic mass is 10.2. The number of thiazole rings is 1. The zero-order valence-corrected chi connectivity index (χ0v) is 16.0. The van der Waals surface area contributed by atoms with Gasteiger partial charge >= 0.3 is 0 Å². The number of nitrogens with zero attached hydrogens (tertiary/aromatic N) is 4. The van der Waals surface area contributed by atoms with Crippen LogP contribution in [0.4, 0.5) is 0 Å². The van der Waals surface area contributed by atoms with Crippen LogP contribution < -0.4 is 10.6 Å². The van der Waals surface area contributed by atoms with Crippen LogP contribution in [-0.2, 0) is 12.8 Å². The molecule has 0 saturated heterocycles. The number of rotatable bonds is 7. The van der Waals surface area contributed by atoms with E-state index in [1.54, 1.807) is 18.4 Å².